The highest BCUT2D eigenvalue weighted by molar-refractivity contribution is 5.39. The first kappa shape index (κ1) is 12.9. The van der Waals surface area contributed by atoms with E-state index in [1.807, 2.05) is 24.3 Å². The van der Waals surface area contributed by atoms with Gasteiger partial charge in [0.15, 0.2) is 0 Å². The minimum Gasteiger partial charge on any atom is -0.399 e. The second-order valence-corrected chi connectivity index (χ2v) is 5.84. The van der Waals surface area contributed by atoms with E-state index in [9.17, 15) is 5.11 Å². The quantitative estimate of drug-likeness (QED) is 0.707. The molecule has 3 saturated heterocycles. The Hall–Kier alpha value is -1.10. The van der Waals surface area contributed by atoms with Crippen LogP contribution in [0.15, 0.2) is 24.3 Å². The number of anilines is 1. The maximum Gasteiger partial charge on any atom is 0.0914 e. The van der Waals surface area contributed by atoms with Crippen LogP contribution in [0.5, 0.6) is 0 Å². The lowest BCUT2D eigenvalue weighted by Gasteiger charge is -2.45. The number of hydrogen-bond donors (Lipinski definition) is 3. The molecule has 4 heteroatoms. The summed E-state index contributed by atoms with van der Waals surface area (Å²) in [6.07, 6.45) is 2.15. The van der Waals surface area contributed by atoms with Crippen molar-refractivity contribution in [1.82, 2.24) is 10.2 Å². The topological polar surface area (TPSA) is 61.5 Å². The van der Waals surface area contributed by atoms with E-state index in [1.165, 1.54) is 25.9 Å². The SMILES string of the molecule is Nc1ccc([C@@H](O)CN[C@@H]2CN3CCC2CC3)cc1. The monoisotopic (exact) mass is 261 g/mol. The third kappa shape index (κ3) is 2.91. The third-order valence-corrected chi connectivity index (χ3v) is 4.55. The molecule has 3 heterocycles. The summed E-state index contributed by atoms with van der Waals surface area (Å²) in [5.41, 5.74) is 7.33. The van der Waals surface area contributed by atoms with Crippen LogP contribution in [0.1, 0.15) is 24.5 Å². The van der Waals surface area contributed by atoms with Gasteiger partial charge in [0.25, 0.3) is 0 Å². The van der Waals surface area contributed by atoms with Gasteiger partial charge in [-0.05, 0) is 49.5 Å². The lowest BCUT2D eigenvalue weighted by Crippen LogP contribution is -2.56. The summed E-state index contributed by atoms with van der Waals surface area (Å²) >= 11 is 0. The maximum atomic E-state index is 10.2. The Morgan fingerprint density at radius 2 is 1.95 bits per heavy atom. The summed E-state index contributed by atoms with van der Waals surface area (Å²) in [5, 5.41) is 13.7. The fraction of sp³-hybridized carbons (Fsp3) is 0.600. The first-order valence-corrected chi connectivity index (χ1v) is 7.21. The first-order valence-electron chi connectivity index (χ1n) is 7.21. The summed E-state index contributed by atoms with van der Waals surface area (Å²) in [4.78, 5) is 2.52. The molecule has 2 bridgehead atoms. The van der Waals surface area contributed by atoms with Crippen LogP contribution in [0.2, 0.25) is 0 Å². The van der Waals surface area contributed by atoms with Crippen molar-refractivity contribution in [2.45, 2.75) is 25.0 Å². The molecule has 2 atom stereocenters. The van der Waals surface area contributed by atoms with E-state index < -0.39 is 6.10 Å². The Balaban J connectivity index is 1.53. The van der Waals surface area contributed by atoms with E-state index in [0.29, 0.717) is 12.6 Å². The summed E-state index contributed by atoms with van der Waals surface area (Å²) in [6.45, 7) is 4.27. The standard InChI is InChI=1S/C15H23N3O/c16-13-3-1-12(2-4-13)15(19)9-17-14-10-18-7-5-11(14)6-8-18/h1-4,11,14-15,17,19H,5-10,16H2/t14-,15+/m1/s1. The molecule has 1 aromatic rings. The van der Waals surface area contributed by atoms with Gasteiger partial charge in [-0.3, -0.25) is 0 Å². The molecule has 0 radical (unpaired) electrons. The Kier molecular flexibility index (Phi) is 3.73. The average Bonchev–Trinajstić information content (AvgIpc) is 2.47. The second kappa shape index (κ2) is 5.49. The van der Waals surface area contributed by atoms with Gasteiger partial charge < -0.3 is 21.1 Å². The highest BCUT2D eigenvalue weighted by atomic mass is 16.3. The normalized spacial score (nSPS) is 31.3. The van der Waals surface area contributed by atoms with Crippen molar-refractivity contribution >= 4 is 5.69 Å². The van der Waals surface area contributed by atoms with Crippen molar-refractivity contribution in [2.75, 3.05) is 31.9 Å². The summed E-state index contributed by atoms with van der Waals surface area (Å²) in [7, 11) is 0. The van der Waals surface area contributed by atoms with Crippen molar-refractivity contribution in [3.05, 3.63) is 29.8 Å². The number of aliphatic hydroxyl groups excluding tert-OH is 1. The van der Waals surface area contributed by atoms with E-state index in [-0.39, 0.29) is 0 Å². The molecule has 0 spiro atoms. The van der Waals surface area contributed by atoms with Gasteiger partial charge in [-0.2, -0.15) is 0 Å². The molecule has 1 aromatic carbocycles. The molecule has 3 aliphatic heterocycles. The lowest BCUT2D eigenvalue weighted by atomic mass is 9.84. The number of benzene rings is 1. The Morgan fingerprint density at radius 1 is 1.26 bits per heavy atom. The number of nitrogens with zero attached hydrogens (tertiary/aromatic N) is 1. The molecule has 0 amide bonds. The van der Waals surface area contributed by atoms with E-state index in [2.05, 4.69) is 10.2 Å². The van der Waals surface area contributed by atoms with Gasteiger partial charge in [-0.15, -0.1) is 0 Å². The molecule has 104 valence electrons. The number of nitrogen functional groups attached to an aromatic ring is 1. The minimum atomic E-state index is -0.448. The molecule has 19 heavy (non-hydrogen) atoms. The van der Waals surface area contributed by atoms with Gasteiger partial charge >= 0.3 is 0 Å². The highest BCUT2D eigenvalue weighted by Crippen LogP contribution is 2.27. The number of fused-ring (bicyclic) bond motifs is 3. The molecule has 4 N–H and O–H groups in total. The fourth-order valence-electron chi connectivity index (χ4n) is 3.30. The Morgan fingerprint density at radius 3 is 2.53 bits per heavy atom. The maximum absolute atomic E-state index is 10.2. The molecule has 0 aliphatic carbocycles. The smallest absolute Gasteiger partial charge is 0.0914 e. The van der Waals surface area contributed by atoms with Crippen LogP contribution in [0.25, 0.3) is 0 Å². The van der Waals surface area contributed by atoms with Crippen molar-refractivity contribution in [1.29, 1.82) is 0 Å². The zero-order chi connectivity index (χ0) is 13.2. The van der Waals surface area contributed by atoms with Crippen LogP contribution in [0.3, 0.4) is 0 Å². The average molecular weight is 261 g/mol. The van der Waals surface area contributed by atoms with E-state index >= 15 is 0 Å². The molecule has 4 nitrogen and oxygen atoms in total. The first-order chi connectivity index (χ1) is 9.22. The Bertz CT molecular complexity index is 412. The van der Waals surface area contributed by atoms with Gasteiger partial charge in [0.1, 0.15) is 0 Å². The third-order valence-electron chi connectivity index (χ3n) is 4.55. The lowest BCUT2D eigenvalue weighted by molar-refractivity contribution is 0.0635. The van der Waals surface area contributed by atoms with E-state index in [0.717, 1.165) is 23.7 Å². The number of nitrogens with one attached hydrogen (secondary N) is 1. The van der Waals surface area contributed by atoms with E-state index in [1.54, 1.807) is 0 Å². The number of nitrogens with two attached hydrogens (primary N) is 1. The minimum absolute atomic E-state index is 0.448. The van der Waals surface area contributed by atoms with Crippen molar-refractivity contribution < 1.29 is 5.11 Å². The summed E-state index contributed by atoms with van der Waals surface area (Å²) < 4.78 is 0. The summed E-state index contributed by atoms with van der Waals surface area (Å²) in [6, 6.07) is 8.03. The predicted octanol–water partition coefficient (Wildman–Crippen LogP) is 0.986. The van der Waals surface area contributed by atoms with Crippen LogP contribution in [-0.4, -0.2) is 42.2 Å². The van der Waals surface area contributed by atoms with Gasteiger partial charge in [-0.25, -0.2) is 0 Å². The largest absolute Gasteiger partial charge is 0.399 e. The summed E-state index contributed by atoms with van der Waals surface area (Å²) in [5.74, 6) is 0.795. The van der Waals surface area contributed by atoms with Gasteiger partial charge in [0.05, 0.1) is 6.10 Å². The molecule has 3 aliphatic rings. The van der Waals surface area contributed by atoms with Crippen molar-refractivity contribution in [2.24, 2.45) is 5.92 Å². The highest BCUT2D eigenvalue weighted by Gasteiger charge is 2.33. The molecular formula is C15H23N3O. The van der Waals surface area contributed by atoms with Gasteiger partial charge in [-0.1, -0.05) is 12.1 Å². The molecule has 3 fully saturated rings. The van der Waals surface area contributed by atoms with Crippen LogP contribution in [0, 0.1) is 5.92 Å². The predicted molar refractivity (Wildman–Crippen MR) is 76.8 cm³/mol. The molecule has 0 aromatic heterocycles. The fourth-order valence-corrected chi connectivity index (χ4v) is 3.30. The number of rotatable bonds is 4. The van der Waals surface area contributed by atoms with Crippen molar-refractivity contribution in [3.63, 3.8) is 0 Å². The molecular weight excluding hydrogens is 238 g/mol. The zero-order valence-electron chi connectivity index (χ0n) is 11.3. The van der Waals surface area contributed by atoms with E-state index in [4.69, 9.17) is 5.73 Å². The molecule has 0 saturated carbocycles. The Labute approximate surface area is 114 Å². The molecule has 4 rings (SSSR count). The number of hydrogen-bond acceptors (Lipinski definition) is 4. The van der Waals surface area contributed by atoms with Crippen LogP contribution < -0.4 is 11.1 Å². The second-order valence-electron chi connectivity index (χ2n) is 5.84. The van der Waals surface area contributed by atoms with Gasteiger partial charge in [0, 0.05) is 24.8 Å². The zero-order valence-corrected chi connectivity index (χ0v) is 11.3. The number of aliphatic hydroxyl groups is 1. The van der Waals surface area contributed by atoms with Crippen LogP contribution >= 0.6 is 0 Å². The number of piperidine rings is 3. The van der Waals surface area contributed by atoms with Crippen molar-refractivity contribution in [3.8, 4) is 0 Å². The van der Waals surface area contributed by atoms with Gasteiger partial charge in [0.2, 0.25) is 0 Å². The molecule has 0 unspecified atom stereocenters. The van der Waals surface area contributed by atoms with Crippen LogP contribution in [-0.2, 0) is 0 Å². The van der Waals surface area contributed by atoms with Crippen LogP contribution in [0.4, 0.5) is 5.69 Å².